The summed E-state index contributed by atoms with van der Waals surface area (Å²) < 4.78 is 46.2. The number of alkyl halides is 3. The van der Waals surface area contributed by atoms with Crippen molar-refractivity contribution in [2.45, 2.75) is 38.5 Å². The minimum Gasteiger partial charge on any atom is -0.459 e. The maximum absolute atomic E-state index is 13.1. The van der Waals surface area contributed by atoms with Gasteiger partial charge in [-0.15, -0.1) is 5.10 Å². The quantitative estimate of drug-likeness (QED) is 0.590. The number of furan rings is 1. The number of hydrogen-bond donors (Lipinski definition) is 0. The van der Waals surface area contributed by atoms with Gasteiger partial charge in [0.15, 0.2) is 11.6 Å². The van der Waals surface area contributed by atoms with Crippen molar-refractivity contribution in [2.75, 3.05) is 26.2 Å². The van der Waals surface area contributed by atoms with Crippen LogP contribution in [0.25, 0.3) is 0 Å². The van der Waals surface area contributed by atoms with E-state index in [-0.39, 0.29) is 11.7 Å². The molecule has 11 heteroatoms. The number of nitrogens with zero attached hydrogens (tertiary/aromatic N) is 6. The summed E-state index contributed by atoms with van der Waals surface area (Å²) in [6.07, 6.45) is -2.96. The van der Waals surface area contributed by atoms with Crippen LogP contribution >= 0.6 is 0 Å². The molecule has 3 aromatic rings. The molecule has 2 aromatic heterocycles. The number of carbonyl (C=O) groups is 1. The summed E-state index contributed by atoms with van der Waals surface area (Å²) in [4.78, 5) is 16.4. The average molecular weight is 462 g/mol. The molecule has 8 nitrogen and oxygen atoms in total. The predicted octanol–water partition coefficient (Wildman–Crippen LogP) is 3.59. The Kier molecular flexibility index (Phi) is 6.00. The lowest BCUT2D eigenvalue weighted by Crippen LogP contribution is -2.50. The summed E-state index contributed by atoms with van der Waals surface area (Å²) in [6.45, 7) is 7.73. The van der Waals surface area contributed by atoms with Gasteiger partial charge >= 0.3 is 6.18 Å². The second kappa shape index (κ2) is 8.62. The lowest BCUT2D eigenvalue weighted by molar-refractivity contribution is -0.137. The Morgan fingerprint density at radius 3 is 2.24 bits per heavy atom. The number of rotatable bonds is 4. The Labute approximate surface area is 189 Å². The maximum Gasteiger partial charge on any atom is 0.416 e. The molecule has 1 aromatic carbocycles. The number of halogens is 3. The highest BCUT2D eigenvalue weighted by atomic mass is 19.4. The molecule has 0 unspecified atom stereocenters. The topological polar surface area (TPSA) is 80.3 Å². The van der Waals surface area contributed by atoms with Gasteiger partial charge in [-0.3, -0.25) is 9.69 Å². The lowest BCUT2D eigenvalue weighted by Gasteiger charge is -2.39. The molecule has 0 N–H and O–H groups in total. The van der Waals surface area contributed by atoms with Crippen molar-refractivity contribution >= 4 is 5.91 Å². The zero-order valence-electron chi connectivity index (χ0n) is 18.6. The molecule has 1 aliphatic heterocycles. The molecule has 1 fully saturated rings. The number of benzene rings is 1. The van der Waals surface area contributed by atoms with Gasteiger partial charge < -0.3 is 9.32 Å². The number of piperazine rings is 1. The van der Waals surface area contributed by atoms with E-state index in [1.54, 1.807) is 21.7 Å². The normalized spacial score (nSPS) is 16.7. The molecule has 0 radical (unpaired) electrons. The van der Waals surface area contributed by atoms with E-state index in [9.17, 15) is 18.0 Å². The minimum atomic E-state index is -4.42. The fourth-order valence-electron chi connectivity index (χ4n) is 3.96. The average Bonchev–Trinajstić information content (AvgIpc) is 3.46. The summed E-state index contributed by atoms with van der Waals surface area (Å²) in [7, 11) is 0. The Morgan fingerprint density at radius 2 is 1.70 bits per heavy atom. The molecule has 1 amide bonds. The van der Waals surface area contributed by atoms with E-state index >= 15 is 0 Å². The summed E-state index contributed by atoms with van der Waals surface area (Å²) in [6, 6.07) is 7.90. The Morgan fingerprint density at radius 1 is 1.03 bits per heavy atom. The Balaban J connectivity index is 1.63. The smallest absolute Gasteiger partial charge is 0.416 e. The first-order chi connectivity index (χ1) is 15.6. The summed E-state index contributed by atoms with van der Waals surface area (Å²) in [5, 5.41) is 12.2. The molecule has 0 spiro atoms. The molecule has 33 heavy (non-hydrogen) atoms. The van der Waals surface area contributed by atoms with Gasteiger partial charge in [-0.1, -0.05) is 12.1 Å². The molecular formula is C22H25F3N6O2. The highest BCUT2D eigenvalue weighted by molar-refractivity contribution is 5.91. The van der Waals surface area contributed by atoms with Crippen LogP contribution in [0.4, 0.5) is 13.2 Å². The number of carbonyl (C=O) groups excluding carboxylic acids is 1. The summed E-state index contributed by atoms with van der Waals surface area (Å²) in [5.74, 6) is 0.623. The van der Waals surface area contributed by atoms with Gasteiger partial charge in [0.1, 0.15) is 0 Å². The van der Waals surface area contributed by atoms with Crippen LogP contribution in [0.1, 0.15) is 54.3 Å². The third kappa shape index (κ3) is 4.77. The highest BCUT2D eigenvalue weighted by Gasteiger charge is 2.35. The van der Waals surface area contributed by atoms with Gasteiger partial charge in [0.25, 0.3) is 5.91 Å². The van der Waals surface area contributed by atoms with Crippen LogP contribution in [-0.4, -0.2) is 62.1 Å². The van der Waals surface area contributed by atoms with Crippen molar-refractivity contribution in [3.05, 3.63) is 65.4 Å². The van der Waals surface area contributed by atoms with Crippen LogP contribution in [0.5, 0.6) is 0 Å². The molecule has 0 aliphatic carbocycles. The molecule has 3 heterocycles. The van der Waals surface area contributed by atoms with E-state index < -0.39 is 23.3 Å². The third-order valence-electron chi connectivity index (χ3n) is 5.63. The fourth-order valence-corrected chi connectivity index (χ4v) is 3.96. The number of tetrazole rings is 1. The van der Waals surface area contributed by atoms with Gasteiger partial charge in [0.05, 0.1) is 23.4 Å². The Bertz CT molecular complexity index is 1080. The summed E-state index contributed by atoms with van der Waals surface area (Å²) in [5.41, 5.74) is -0.497. The van der Waals surface area contributed by atoms with E-state index in [4.69, 9.17) is 4.42 Å². The fraction of sp³-hybridized carbons (Fsp3) is 0.455. The van der Waals surface area contributed by atoms with Crippen LogP contribution in [0.2, 0.25) is 0 Å². The zero-order chi connectivity index (χ0) is 23.8. The van der Waals surface area contributed by atoms with Crippen LogP contribution in [0.15, 0.2) is 47.1 Å². The SMILES string of the molecule is CC(C)(C)n1nnnc1[C@H](c1ccc(C(F)(F)F)cc1)N1CCN(C(=O)c2ccco2)CC1. The van der Waals surface area contributed by atoms with E-state index in [2.05, 4.69) is 20.4 Å². The maximum atomic E-state index is 13.1. The van der Waals surface area contributed by atoms with Crippen molar-refractivity contribution in [2.24, 2.45) is 0 Å². The first-order valence-corrected chi connectivity index (χ1v) is 10.6. The van der Waals surface area contributed by atoms with Crippen LogP contribution in [-0.2, 0) is 11.7 Å². The van der Waals surface area contributed by atoms with Crippen molar-refractivity contribution < 1.29 is 22.4 Å². The monoisotopic (exact) mass is 462 g/mol. The van der Waals surface area contributed by atoms with Gasteiger partial charge in [-0.2, -0.15) is 13.2 Å². The number of hydrogen-bond acceptors (Lipinski definition) is 6. The van der Waals surface area contributed by atoms with Gasteiger partial charge in [0.2, 0.25) is 0 Å². The molecule has 4 rings (SSSR count). The molecule has 176 valence electrons. The lowest BCUT2D eigenvalue weighted by atomic mass is 10.00. The van der Waals surface area contributed by atoms with Crippen molar-refractivity contribution in [3.63, 3.8) is 0 Å². The second-order valence-corrected chi connectivity index (χ2v) is 8.95. The van der Waals surface area contributed by atoms with E-state index in [0.29, 0.717) is 37.6 Å². The molecule has 1 aliphatic rings. The van der Waals surface area contributed by atoms with Crippen LogP contribution in [0, 0.1) is 0 Å². The standard InChI is InChI=1S/C22H25F3N6O2/c1-21(2,3)31-19(26-27-28-31)18(15-6-8-16(9-7-15)22(23,24)25)29-10-12-30(13-11-29)20(32)17-5-4-14-33-17/h4-9,14,18H,10-13H2,1-3H3/t18-/m0/s1. The molecular weight excluding hydrogens is 437 g/mol. The first-order valence-electron chi connectivity index (χ1n) is 10.6. The van der Waals surface area contributed by atoms with Gasteiger partial charge in [-0.25, -0.2) is 4.68 Å². The molecule has 0 bridgehead atoms. The van der Waals surface area contributed by atoms with Crippen LogP contribution < -0.4 is 0 Å². The molecule has 0 saturated carbocycles. The van der Waals surface area contributed by atoms with Gasteiger partial charge in [-0.05, 0) is 61.0 Å². The zero-order valence-corrected chi connectivity index (χ0v) is 18.6. The van der Waals surface area contributed by atoms with Crippen molar-refractivity contribution in [3.8, 4) is 0 Å². The third-order valence-corrected chi connectivity index (χ3v) is 5.63. The number of amides is 1. The van der Waals surface area contributed by atoms with E-state index in [1.165, 1.54) is 18.4 Å². The number of aromatic nitrogens is 4. The predicted molar refractivity (Wildman–Crippen MR) is 112 cm³/mol. The van der Waals surface area contributed by atoms with E-state index in [0.717, 1.165) is 12.1 Å². The van der Waals surface area contributed by atoms with Crippen molar-refractivity contribution in [1.82, 2.24) is 30.0 Å². The van der Waals surface area contributed by atoms with Crippen LogP contribution in [0.3, 0.4) is 0 Å². The highest BCUT2D eigenvalue weighted by Crippen LogP contribution is 2.34. The minimum absolute atomic E-state index is 0.190. The molecule has 1 atom stereocenters. The first kappa shape index (κ1) is 23.0. The largest absolute Gasteiger partial charge is 0.459 e. The summed E-state index contributed by atoms with van der Waals surface area (Å²) >= 11 is 0. The van der Waals surface area contributed by atoms with E-state index in [1.807, 2.05) is 20.8 Å². The van der Waals surface area contributed by atoms with Crippen molar-refractivity contribution in [1.29, 1.82) is 0 Å². The second-order valence-electron chi connectivity index (χ2n) is 8.95. The molecule has 1 saturated heterocycles. The Hall–Kier alpha value is -3.21. The van der Waals surface area contributed by atoms with Gasteiger partial charge in [0, 0.05) is 26.2 Å².